The molecule has 0 atom stereocenters. The van der Waals surface area contributed by atoms with E-state index >= 15 is 0 Å². The van der Waals surface area contributed by atoms with Gasteiger partial charge in [-0.25, -0.2) is 0 Å². The highest BCUT2D eigenvalue weighted by molar-refractivity contribution is 5.31. The lowest BCUT2D eigenvalue weighted by atomic mass is 10.1. The van der Waals surface area contributed by atoms with Crippen LogP contribution in [0.3, 0.4) is 0 Å². The van der Waals surface area contributed by atoms with Gasteiger partial charge < -0.3 is 18.7 Å². The SMILES string of the molecule is CCCCOc1ccc(OCCCC[N+]2(Cc3ccccc3)CCOCC2)cc1. The average molecular weight is 399 g/mol. The molecule has 0 amide bonds. The van der Waals surface area contributed by atoms with Crippen LogP contribution in [0, 0.1) is 0 Å². The summed E-state index contributed by atoms with van der Waals surface area (Å²) in [7, 11) is 0. The zero-order valence-electron chi connectivity index (χ0n) is 17.9. The van der Waals surface area contributed by atoms with E-state index in [1.807, 2.05) is 24.3 Å². The molecule has 0 unspecified atom stereocenters. The minimum absolute atomic E-state index is 0.762. The first-order valence-corrected chi connectivity index (χ1v) is 11.1. The second-order valence-corrected chi connectivity index (χ2v) is 8.00. The minimum Gasteiger partial charge on any atom is -0.494 e. The van der Waals surface area contributed by atoms with Crippen LogP contribution in [0.25, 0.3) is 0 Å². The van der Waals surface area contributed by atoms with Crippen molar-refractivity contribution >= 4 is 0 Å². The molecule has 0 aliphatic carbocycles. The third-order valence-electron chi connectivity index (χ3n) is 5.67. The Labute approximate surface area is 176 Å². The molecule has 29 heavy (non-hydrogen) atoms. The Kier molecular flexibility index (Phi) is 8.84. The van der Waals surface area contributed by atoms with Crippen LogP contribution in [-0.2, 0) is 11.3 Å². The zero-order valence-corrected chi connectivity index (χ0v) is 17.9. The van der Waals surface area contributed by atoms with E-state index in [-0.39, 0.29) is 0 Å². The molecule has 1 aliphatic heterocycles. The van der Waals surface area contributed by atoms with Crippen molar-refractivity contribution < 1.29 is 18.7 Å². The lowest BCUT2D eigenvalue weighted by molar-refractivity contribution is -0.947. The number of unbranched alkanes of at least 4 members (excludes halogenated alkanes) is 2. The number of quaternary nitrogens is 1. The number of hydrogen-bond acceptors (Lipinski definition) is 3. The third-order valence-corrected chi connectivity index (χ3v) is 5.67. The maximum absolute atomic E-state index is 5.94. The van der Waals surface area contributed by atoms with Gasteiger partial charge in [-0.2, -0.15) is 0 Å². The van der Waals surface area contributed by atoms with Gasteiger partial charge in [-0.3, -0.25) is 0 Å². The van der Waals surface area contributed by atoms with Crippen LogP contribution in [0.5, 0.6) is 11.5 Å². The van der Waals surface area contributed by atoms with Gasteiger partial charge in [0, 0.05) is 5.56 Å². The van der Waals surface area contributed by atoms with Gasteiger partial charge in [0.1, 0.15) is 31.1 Å². The summed E-state index contributed by atoms with van der Waals surface area (Å²) in [5, 5.41) is 0. The third kappa shape index (κ3) is 7.37. The van der Waals surface area contributed by atoms with Crippen molar-refractivity contribution in [3.8, 4) is 11.5 Å². The number of benzene rings is 2. The van der Waals surface area contributed by atoms with E-state index in [1.54, 1.807) is 0 Å². The van der Waals surface area contributed by atoms with Gasteiger partial charge in [0.25, 0.3) is 0 Å². The number of ether oxygens (including phenoxy) is 3. The van der Waals surface area contributed by atoms with E-state index in [4.69, 9.17) is 14.2 Å². The Morgan fingerprint density at radius 3 is 2.03 bits per heavy atom. The standard InChI is InChI=1S/C25H36NO3/c1-2-3-18-28-24-11-13-25(14-12-24)29-19-8-7-15-26(16-20-27-21-17-26)22-23-9-5-4-6-10-23/h4-6,9-14H,2-3,7-8,15-22H2,1H3/q+1. The fourth-order valence-electron chi connectivity index (χ4n) is 3.87. The molecule has 158 valence electrons. The minimum atomic E-state index is 0.762. The average Bonchev–Trinajstić information content (AvgIpc) is 2.76. The maximum Gasteiger partial charge on any atom is 0.119 e. The molecule has 2 aromatic carbocycles. The van der Waals surface area contributed by atoms with Crippen molar-refractivity contribution in [2.45, 2.75) is 39.2 Å². The maximum atomic E-state index is 5.94. The van der Waals surface area contributed by atoms with Crippen molar-refractivity contribution in [2.24, 2.45) is 0 Å². The molecule has 3 rings (SSSR count). The van der Waals surface area contributed by atoms with Gasteiger partial charge in [0.15, 0.2) is 0 Å². The van der Waals surface area contributed by atoms with Crippen molar-refractivity contribution in [3.63, 3.8) is 0 Å². The molecule has 1 saturated heterocycles. The van der Waals surface area contributed by atoms with E-state index in [2.05, 4.69) is 37.3 Å². The normalized spacial score (nSPS) is 15.8. The fraction of sp³-hybridized carbons (Fsp3) is 0.520. The van der Waals surface area contributed by atoms with Crippen LogP contribution in [0.1, 0.15) is 38.2 Å². The van der Waals surface area contributed by atoms with Crippen LogP contribution in [0.2, 0.25) is 0 Å². The largest absolute Gasteiger partial charge is 0.494 e. The summed E-state index contributed by atoms with van der Waals surface area (Å²) in [6, 6.07) is 18.9. The predicted molar refractivity (Wildman–Crippen MR) is 117 cm³/mol. The van der Waals surface area contributed by atoms with Crippen molar-refractivity contribution in [3.05, 3.63) is 60.2 Å². The summed E-state index contributed by atoms with van der Waals surface area (Å²) in [5.41, 5.74) is 1.42. The van der Waals surface area contributed by atoms with Gasteiger partial charge in [-0.15, -0.1) is 0 Å². The summed E-state index contributed by atoms with van der Waals surface area (Å²) in [6.07, 6.45) is 4.49. The second-order valence-electron chi connectivity index (χ2n) is 8.00. The second kappa shape index (κ2) is 11.8. The Bertz CT molecular complexity index is 681. The van der Waals surface area contributed by atoms with Crippen LogP contribution in [-0.4, -0.2) is 50.5 Å². The molecule has 0 aromatic heterocycles. The summed E-state index contributed by atoms with van der Waals surface area (Å²) in [6.45, 7) is 9.96. The summed E-state index contributed by atoms with van der Waals surface area (Å²) in [4.78, 5) is 0. The molecule has 0 N–H and O–H groups in total. The topological polar surface area (TPSA) is 27.7 Å². The molecule has 0 spiro atoms. The number of rotatable bonds is 12. The number of morpholine rings is 1. The van der Waals surface area contributed by atoms with Crippen LogP contribution in [0.15, 0.2) is 54.6 Å². The molecule has 0 bridgehead atoms. The van der Waals surface area contributed by atoms with E-state index in [0.717, 1.165) is 81.3 Å². The van der Waals surface area contributed by atoms with E-state index in [0.29, 0.717) is 0 Å². The number of nitrogens with zero attached hydrogens (tertiary/aromatic N) is 1. The quantitative estimate of drug-likeness (QED) is 0.369. The first-order chi connectivity index (χ1) is 14.3. The molecule has 2 aromatic rings. The molecule has 4 nitrogen and oxygen atoms in total. The number of hydrogen-bond donors (Lipinski definition) is 0. The molecular formula is C25H36NO3+. The van der Waals surface area contributed by atoms with Crippen LogP contribution in [0.4, 0.5) is 0 Å². The monoisotopic (exact) mass is 398 g/mol. The van der Waals surface area contributed by atoms with Gasteiger partial charge in [0.05, 0.1) is 33.0 Å². The molecule has 4 heteroatoms. The zero-order chi connectivity index (χ0) is 20.2. The smallest absolute Gasteiger partial charge is 0.119 e. The van der Waals surface area contributed by atoms with Crippen molar-refractivity contribution in [1.29, 1.82) is 0 Å². The molecule has 1 aliphatic rings. The van der Waals surface area contributed by atoms with Crippen molar-refractivity contribution in [1.82, 2.24) is 0 Å². The lowest BCUT2D eigenvalue weighted by Crippen LogP contribution is -2.54. The molecule has 0 saturated carbocycles. The molecule has 1 fully saturated rings. The Morgan fingerprint density at radius 1 is 0.793 bits per heavy atom. The first kappa shape index (κ1) is 21.7. The highest BCUT2D eigenvalue weighted by atomic mass is 16.5. The van der Waals surface area contributed by atoms with E-state index in [1.165, 1.54) is 18.5 Å². The fourth-order valence-corrected chi connectivity index (χ4v) is 3.87. The molecular weight excluding hydrogens is 362 g/mol. The predicted octanol–water partition coefficient (Wildman–Crippen LogP) is 5.07. The van der Waals surface area contributed by atoms with Gasteiger partial charge in [-0.05, 0) is 43.5 Å². The van der Waals surface area contributed by atoms with Gasteiger partial charge in [0.2, 0.25) is 0 Å². The summed E-state index contributed by atoms with van der Waals surface area (Å²) in [5.74, 6) is 1.85. The van der Waals surface area contributed by atoms with E-state index in [9.17, 15) is 0 Å². The Morgan fingerprint density at radius 2 is 1.41 bits per heavy atom. The van der Waals surface area contributed by atoms with Crippen LogP contribution >= 0.6 is 0 Å². The van der Waals surface area contributed by atoms with Gasteiger partial charge in [-0.1, -0.05) is 43.7 Å². The summed E-state index contributed by atoms with van der Waals surface area (Å²) < 4.78 is 18.4. The molecule has 1 heterocycles. The van der Waals surface area contributed by atoms with Crippen LogP contribution < -0.4 is 9.47 Å². The lowest BCUT2D eigenvalue weighted by Gasteiger charge is -2.41. The highest BCUT2D eigenvalue weighted by Gasteiger charge is 2.30. The van der Waals surface area contributed by atoms with Gasteiger partial charge >= 0.3 is 0 Å². The van der Waals surface area contributed by atoms with E-state index < -0.39 is 0 Å². The Hall–Kier alpha value is -2.04. The first-order valence-electron chi connectivity index (χ1n) is 11.1. The highest BCUT2D eigenvalue weighted by Crippen LogP contribution is 2.20. The molecule has 0 radical (unpaired) electrons. The summed E-state index contributed by atoms with van der Waals surface area (Å²) >= 11 is 0. The Balaban J connectivity index is 1.40. The van der Waals surface area contributed by atoms with Crippen molar-refractivity contribution in [2.75, 3.05) is 46.1 Å².